The van der Waals surface area contributed by atoms with Crippen molar-refractivity contribution >= 4 is 0 Å². The molecular weight excluding hydrogens is 202 g/mol. The second-order valence-electron chi connectivity index (χ2n) is 3.70. The van der Waals surface area contributed by atoms with Crippen LogP contribution in [0.1, 0.15) is 18.8 Å². The molecular formula is C12H15N3O. The minimum Gasteiger partial charge on any atom is -0.497 e. The standard InChI is InChI=1S/C12H15N3O/c1-8(13)12-14-7-11(15-12)9-4-3-5-10(6-9)16-2/h3-8H,13H2,1-2H3,(H,14,15)/t8-/m1/s1. The van der Waals surface area contributed by atoms with Gasteiger partial charge in [0, 0.05) is 5.56 Å². The van der Waals surface area contributed by atoms with Crippen LogP contribution in [0, 0.1) is 0 Å². The number of aromatic amines is 1. The van der Waals surface area contributed by atoms with Gasteiger partial charge < -0.3 is 15.5 Å². The van der Waals surface area contributed by atoms with Gasteiger partial charge in [-0.2, -0.15) is 0 Å². The van der Waals surface area contributed by atoms with Crippen molar-refractivity contribution in [2.45, 2.75) is 13.0 Å². The van der Waals surface area contributed by atoms with E-state index in [1.54, 1.807) is 13.3 Å². The Morgan fingerprint density at radius 1 is 1.44 bits per heavy atom. The zero-order valence-electron chi connectivity index (χ0n) is 9.40. The van der Waals surface area contributed by atoms with E-state index in [-0.39, 0.29) is 6.04 Å². The normalized spacial score (nSPS) is 12.4. The maximum Gasteiger partial charge on any atom is 0.123 e. The molecule has 2 rings (SSSR count). The quantitative estimate of drug-likeness (QED) is 0.827. The van der Waals surface area contributed by atoms with Gasteiger partial charge in [-0.3, -0.25) is 0 Å². The molecule has 1 atom stereocenters. The van der Waals surface area contributed by atoms with Crippen LogP contribution in [0.15, 0.2) is 30.5 Å². The van der Waals surface area contributed by atoms with E-state index in [9.17, 15) is 0 Å². The maximum atomic E-state index is 5.74. The highest BCUT2D eigenvalue weighted by Crippen LogP contribution is 2.22. The number of nitrogens with zero attached hydrogens (tertiary/aromatic N) is 1. The van der Waals surface area contributed by atoms with Crippen LogP contribution in [0.2, 0.25) is 0 Å². The lowest BCUT2D eigenvalue weighted by molar-refractivity contribution is 0.415. The van der Waals surface area contributed by atoms with Crippen molar-refractivity contribution in [1.29, 1.82) is 0 Å². The average molecular weight is 217 g/mol. The van der Waals surface area contributed by atoms with E-state index < -0.39 is 0 Å². The fraction of sp³-hybridized carbons (Fsp3) is 0.250. The fourth-order valence-corrected chi connectivity index (χ4v) is 1.51. The average Bonchev–Trinajstić information content (AvgIpc) is 2.78. The topological polar surface area (TPSA) is 63.9 Å². The van der Waals surface area contributed by atoms with Gasteiger partial charge in [0.25, 0.3) is 0 Å². The molecule has 0 bridgehead atoms. The molecule has 4 nitrogen and oxygen atoms in total. The maximum absolute atomic E-state index is 5.74. The van der Waals surface area contributed by atoms with Gasteiger partial charge in [-0.05, 0) is 19.1 Å². The van der Waals surface area contributed by atoms with E-state index >= 15 is 0 Å². The van der Waals surface area contributed by atoms with Crippen LogP contribution in [-0.2, 0) is 0 Å². The van der Waals surface area contributed by atoms with Crippen LogP contribution in [0.25, 0.3) is 11.3 Å². The molecule has 0 aliphatic heterocycles. The zero-order chi connectivity index (χ0) is 11.5. The molecule has 2 aromatic rings. The summed E-state index contributed by atoms with van der Waals surface area (Å²) in [4.78, 5) is 7.41. The predicted octanol–water partition coefficient (Wildman–Crippen LogP) is 2.10. The summed E-state index contributed by atoms with van der Waals surface area (Å²) in [5.74, 6) is 1.62. The Labute approximate surface area is 94.5 Å². The number of ether oxygens (including phenoxy) is 1. The summed E-state index contributed by atoms with van der Waals surface area (Å²) in [6, 6.07) is 7.73. The molecule has 0 saturated carbocycles. The summed E-state index contributed by atoms with van der Waals surface area (Å²) in [6.45, 7) is 1.90. The van der Waals surface area contributed by atoms with Gasteiger partial charge in [-0.1, -0.05) is 12.1 Å². The molecule has 1 heterocycles. The third-order valence-corrected chi connectivity index (χ3v) is 2.41. The number of benzene rings is 1. The molecule has 1 aromatic heterocycles. The van der Waals surface area contributed by atoms with Gasteiger partial charge in [0.05, 0.1) is 25.0 Å². The zero-order valence-corrected chi connectivity index (χ0v) is 9.40. The largest absolute Gasteiger partial charge is 0.497 e. The highest BCUT2D eigenvalue weighted by atomic mass is 16.5. The third-order valence-electron chi connectivity index (χ3n) is 2.41. The lowest BCUT2D eigenvalue weighted by atomic mass is 10.1. The summed E-state index contributed by atoms with van der Waals surface area (Å²) in [5, 5.41) is 0. The monoisotopic (exact) mass is 217 g/mol. The number of imidazole rings is 1. The summed E-state index contributed by atoms with van der Waals surface area (Å²) < 4.78 is 5.17. The van der Waals surface area contributed by atoms with E-state index in [4.69, 9.17) is 10.5 Å². The van der Waals surface area contributed by atoms with Crippen LogP contribution in [0.4, 0.5) is 0 Å². The number of nitrogens with two attached hydrogens (primary N) is 1. The summed E-state index contributed by atoms with van der Waals surface area (Å²) in [6.07, 6.45) is 1.79. The number of rotatable bonds is 3. The highest BCUT2D eigenvalue weighted by Gasteiger charge is 2.06. The molecule has 0 aliphatic rings. The van der Waals surface area contributed by atoms with Crippen LogP contribution in [0.5, 0.6) is 5.75 Å². The number of aromatic nitrogens is 2. The Kier molecular flexibility index (Phi) is 2.92. The van der Waals surface area contributed by atoms with E-state index in [0.717, 1.165) is 22.8 Å². The van der Waals surface area contributed by atoms with Crippen LogP contribution in [-0.4, -0.2) is 17.1 Å². The lowest BCUT2D eigenvalue weighted by Gasteiger charge is -2.02. The Balaban J connectivity index is 2.34. The van der Waals surface area contributed by atoms with Crippen molar-refractivity contribution in [2.75, 3.05) is 7.11 Å². The van der Waals surface area contributed by atoms with Crippen LogP contribution >= 0.6 is 0 Å². The minimum absolute atomic E-state index is 0.0839. The van der Waals surface area contributed by atoms with Gasteiger partial charge in [0.1, 0.15) is 11.6 Å². The van der Waals surface area contributed by atoms with Crippen molar-refractivity contribution in [2.24, 2.45) is 5.73 Å². The van der Waals surface area contributed by atoms with Gasteiger partial charge in [-0.25, -0.2) is 4.98 Å². The van der Waals surface area contributed by atoms with E-state index in [2.05, 4.69) is 9.97 Å². The fourth-order valence-electron chi connectivity index (χ4n) is 1.51. The van der Waals surface area contributed by atoms with Crippen molar-refractivity contribution in [3.8, 4) is 17.0 Å². The molecule has 0 amide bonds. The second-order valence-corrected chi connectivity index (χ2v) is 3.70. The van der Waals surface area contributed by atoms with Crippen LogP contribution in [0.3, 0.4) is 0 Å². The first-order valence-corrected chi connectivity index (χ1v) is 5.15. The first-order valence-electron chi connectivity index (χ1n) is 5.15. The number of nitrogens with one attached hydrogen (secondary N) is 1. The van der Waals surface area contributed by atoms with Crippen molar-refractivity contribution in [3.63, 3.8) is 0 Å². The Bertz CT molecular complexity index is 477. The first-order chi connectivity index (χ1) is 7.70. The molecule has 4 heteroatoms. The van der Waals surface area contributed by atoms with Crippen LogP contribution < -0.4 is 10.5 Å². The van der Waals surface area contributed by atoms with E-state index in [1.165, 1.54) is 0 Å². The summed E-state index contributed by atoms with van der Waals surface area (Å²) in [7, 11) is 1.65. The molecule has 16 heavy (non-hydrogen) atoms. The Morgan fingerprint density at radius 2 is 2.25 bits per heavy atom. The van der Waals surface area contributed by atoms with Crippen molar-refractivity contribution < 1.29 is 4.74 Å². The predicted molar refractivity (Wildman–Crippen MR) is 63.2 cm³/mol. The smallest absolute Gasteiger partial charge is 0.123 e. The molecule has 0 aliphatic carbocycles. The molecule has 3 N–H and O–H groups in total. The molecule has 0 spiro atoms. The molecule has 0 radical (unpaired) electrons. The highest BCUT2D eigenvalue weighted by molar-refractivity contribution is 5.60. The SMILES string of the molecule is COc1cccc(-c2cnc([C@@H](C)N)[nH]2)c1. The molecule has 0 unspecified atom stereocenters. The van der Waals surface area contributed by atoms with Gasteiger partial charge in [0.15, 0.2) is 0 Å². The number of methoxy groups -OCH3 is 1. The molecule has 1 aromatic carbocycles. The van der Waals surface area contributed by atoms with Crippen molar-refractivity contribution in [3.05, 3.63) is 36.3 Å². The minimum atomic E-state index is -0.0839. The summed E-state index contributed by atoms with van der Waals surface area (Å²) >= 11 is 0. The number of hydrogen-bond donors (Lipinski definition) is 2. The number of hydrogen-bond acceptors (Lipinski definition) is 3. The Hall–Kier alpha value is -1.81. The molecule has 84 valence electrons. The summed E-state index contributed by atoms with van der Waals surface area (Å²) in [5.41, 5.74) is 7.73. The van der Waals surface area contributed by atoms with Gasteiger partial charge in [0.2, 0.25) is 0 Å². The third kappa shape index (κ3) is 2.06. The van der Waals surface area contributed by atoms with Gasteiger partial charge in [-0.15, -0.1) is 0 Å². The molecule has 0 fully saturated rings. The first kappa shape index (κ1) is 10.7. The van der Waals surface area contributed by atoms with Gasteiger partial charge >= 0.3 is 0 Å². The van der Waals surface area contributed by atoms with Crippen molar-refractivity contribution in [1.82, 2.24) is 9.97 Å². The molecule has 0 saturated heterocycles. The Morgan fingerprint density at radius 3 is 2.88 bits per heavy atom. The van der Waals surface area contributed by atoms with E-state index in [0.29, 0.717) is 0 Å². The number of H-pyrrole nitrogens is 1. The lowest BCUT2D eigenvalue weighted by Crippen LogP contribution is -2.06. The second kappa shape index (κ2) is 4.37. The van der Waals surface area contributed by atoms with E-state index in [1.807, 2.05) is 31.2 Å².